The molecule has 3 rings (SSSR count). The van der Waals surface area contributed by atoms with Crippen LogP contribution in [0.1, 0.15) is 23.4 Å². The fourth-order valence-electron chi connectivity index (χ4n) is 3.41. The van der Waals surface area contributed by atoms with Crippen LogP contribution in [0.5, 0.6) is 5.75 Å². The average molecular weight is 421 g/mol. The van der Waals surface area contributed by atoms with Gasteiger partial charge in [-0.05, 0) is 35.6 Å². The van der Waals surface area contributed by atoms with Gasteiger partial charge in [0.1, 0.15) is 6.61 Å². The number of amides is 2. The summed E-state index contributed by atoms with van der Waals surface area (Å²) in [6, 6.07) is 7.89. The van der Waals surface area contributed by atoms with E-state index >= 15 is 0 Å². The van der Waals surface area contributed by atoms with Gasteiger partial charge in [0.25, 0.3) is 0 Å². The number of rotatable bonds is 8. The van der Waals surface area contributed by atoms with Crippen LogP contribution in [0.4, 0.5) is 4.39 Å². The Kier molecular flexibility index (Phi) is 7.22. The number of ether oxygens (including phenoxy) is 2. The molecule has 1 atom stereocenters. The summed E-state index contributed by atoms with van der Waals surface area (Å²) in [6.07, 6.45) is 0.757. The Hall–Kier alpha value is -2.45. The number of methoxy groups -OCH3 is 1. The number of halogens is 1. The molecule has 0 spiro atoms. The highest BCUT2D eigenvalue weighted by Crippen LogP contribution is 2.34. The summed E-state index contributed by atoms with van der Waals surface area (Å²) < 4.78 is 24.7. The molecule has 2 aromatic rings. The van der Waals surface area contributed by atoms with Crippen LogP contribution in [-0.4, -0.2) is 61.6 Å². The molecule has 0 fully saturated rings. The van der Waals surface area contributed by atoms with Gasteiger partial charge < -0.3 is 19.3 Å². The standard InChI is InChI=1S/C21H25FN2O4S/c1-15(25)23(10-11-27-2)13-21(26)24-9-7-20-16(8-12-29-20)18(24)14-28-19-6-4-3-5-17(19)22/h3-6,8,12,18H,7,9-11,13-14H2,1-2H3. The van der Waals surface area contributed by atoms with Crippen LogP contribution in [0.2, 0.25) is 0 Å². The quantitative estimate of drug-likeness (QED) is 0.659. The molecular formula is C21H25FN2O4S. The second-order valence-electron chi connectivity index (χ2n) is 6.83. The van der Waals surface area contributed by atoms with Gasteiger partial charge in [-0.3, -0.25) is 9.59 Å². The summed E-state index contributed by atoms with van der Waals surface area (Å²) in [4.78, 5) is 29.4. The number of hydrogen-bond donors (Lipinski definition) is 0. The van der Waals surface area contributed by atoms with Gasteiger partial charge in [0.05, 0.1) is 19.2 Å². The van der Waals surface area contributed by atoms with E-state index < -0.39 is 5.82 Å². The number of nitrogens with zero attached hydrogens (tertiary/aromatic N) is 2. The minimum absolute atomic E-state index is 0.0195. The molecule has 1 aliphatic rings. The van der Waals surface area contributed by atoms with Crippen LogP contribution in [-0.2, 0) is 20.7 Å². The van der Waals surface area contributed by atoms with Crippen LogP contribution in [0.25, 0.3) is 0 Å². The van der Waals surface area contributed by atoms with E-state index in [4.69, 9.17) is 9.47 Å². The maximum absolute atomic E-state index is 14.0. The molecule has 1 aliphatic heterocycles. The highest BCUT2D eigenvalue weighted by atomic mass is 32.1. The van der Waals surface area contributed by atoms with Crippen LogP contribution in [0, 0.1) is 5.82 Å². The fourth-order valence-corrected chi connectivity index (χ4v) is 4.34. The van der Waals surface area contributed by atoms with Gasteiger partial charge in [-0.2, -0.15) is 0 Å². The van der Waals surface area contributed by atoms with E-state index in [0.29, 0.717) is 19.7 Å². The molecule has 0 radical (unpaired) electrons. The summed E-state index contributed by atoms with van der Waals surface area (Å²) in [5.41, 5.74) is 1.03. The third-order valence-corrected chi connectivity index (χ3v) is 5.98. The zero-order valence-electron chi connectivity index (χ0n) is 16.6. The smallest absolute Gasteiger partial charge is 0.242 e. The van der Waals surface area contributed by atoms with Crippen molar-refractivity contribution in [3.05, 3.63) is 52.0 Å². The van der Waals surface area contributed by atoms with Crippen molar-refractivity contribution < 1.29 is 23.5 Å². The lowest BCUT2D eigenvalue weighted by molar-refractivity contribution is -0.142. The molecule has 1 unspecified atom stereocenters. The number of hydrogen-bond acceptors (Lipinski definition) is 5. The number of carbonyl (C=O) groups is 2. The minimum atomic E-state index is -0.436. The predicted octanol–water partition coefficient (Wildman–Crippen LogP) is 2.89. The summed E-state index contributed by atoms with van der Waals surface area (Å²) in [5.74, 6) is -0.611. The van der Waals surface area contributed by atoms with Crippen molar-refractivity contribution in [3.63, 3.8) is 0 Å². The molecule has 0 bridgehead atoms. The van der Waals surface area contributed by atoms with Crippen molar-refractivity contribution in [2.75, 3.05) is 40.0 Å². The Balaban J connectivity index is 1.76. The summed E-state index contributed by atoms with van der Waals surface area (Å²) >= 11 is 1.65. The first-order valence-electron chi connectivity index (χ1n) is 9.48. The maximum Gasteiger partial charge on any atom is 0.242 e. The van der Waals surface area contributed by atoms with Crippen molar-refractivity contribution in [3.8, 4) is 5.75 Å². The lowest BCUT2D eigenvalue weighted by Crippen LogP contribution is -2.48. The van der Waals surface area contributed by atoms with Gasteiger partial charge in [-0.25, -0.2) is 4.39 Å². The SMILES string of the molecule is COCCN(CC(=O)N1CCc2sccc2C1COc1ccccc1F)C(C)=O. The Labute approximate surface area is 173 Å². The highest BCUT2D eigenvalue weighted by molar-refractivity contribution is 7.10. The zero-order valence-corrected chi connectivity index (χ0v) is 17.4. The molecular weight excluding hydrogens is 395 g/mol. The Morgan fingerprint density at radius 1 is 1.31 bits per heavy atom. The van der Waals surface area contributed by atoms with Gasteiger partial charge in [0, 0.05) is 32.0 Å². The fraction of sp³-hybridized carbons (Fsp3) is 0.429. The van der Waals surface area contributed by atoms with Crippen LogP contribution >= 0.6 is 11.3 Å². The molecule has 1 aromatic carbocycles. The topological polar surface area (TPSA) is 59.1 Å². The van der Waals surface area contributed by atoms with E-state index in [1.54, 1.807) is 41.5 Å². The molecule has 0 N–H and O–H groups in total. The van der Waals surface area contributed by atoms with Crippen LogP contribution in [0.3, 0.4) is 0 Å². The van der Waals surface area contributed by atoms with E-state index in [-0.39, 0.29) is 36.8 Å². The normalized spacial score (nSPS) is 15.7. The minimum Gasteiger partial charge on any atom is -0.488 e. The van der Waals surface area contributed by atoms with Crippen molar-refractivity contribution >= 4 is 23.2 Å². The Morgan fingerprint density at radius 3 is 2.83 bits per heavy atom. The summed E-state index contributed by atoms with van der Waals surface area (Å²) in [6.45, 7) is 2.82. The Morgan fingerprint density at radius 2 is 2.10 bits per heavy atom. The maximum atomic E-state index is 14.0. The van der Waals surface area contributed by atoms with Gasteiger partial charge in [0.2, 0.25) is 11.8 Å². The van der Waals surface area contributed by atoms with Gasteiger partial charge >= 0.3 is 0 Å². The first-order valence-corrected chi connectivity index (χ1v) is 10.4. The monoisotopic (exact) mass is 420 g/mol. The van der Waals surface area contributed by atoms with E-state index in [9.17, 15) is 14.0 Å². The predicted molar refractivity (Wildman–Crippen MR) is 109 cm³/mol. The molecule has 0 aliphatic carbocycles. The molecule has 29 heavy (non-hydrogen) atoms. The molecule has 8 heteroatoms. The van der Waals surface area contributed by atoms with E-state index in [1.165, 1.54) is 22.8 Å². The van der Waals surface area contributed by atoms with Gasteiger partial charge in [-0.15, -0.1) is 11.3 Å². The van der Waals surface area contributed by atoms with Crippen molar-refractivity contribution in [2.24, 2.45) is 0 Å². The van der Waals surface area contributed by atoms with Crippen LogP contribution < -0.4 is 4.74 Å². The third kappa shape index (κ3) is 5.13. The lowest BCUT2D eigenvalue weighted by atomic mass is 10.0. The largest absolute Gasteiger partial charge is 0.488 e. The molecule has 2 heterocycles. The molecule has 0 saturated carbocycles. The number of fused-ring (bicyclic) bond motifs is 1. The van der Waals surface area contributed by atoms with Crippen molar-refractivity contribution in [1.29, 1.82) is 0 Å². The molecule has 1 aromatic heterocycles. The third-order valence-electron chi connectivity index (χ3n) is 4.99. The second-order valence-corrected chi connectivity index (χ2v) is 7.83. The average Bonchev–Trinajstić information content (AvgIpc) is 3.19. The number of para-hydroxylation sites is 1. The molecule has 0 saturated heterocycles. The summed E-state index contributed by atoms with van der Waals surface area (Å²) in [5, 5.41) is 2.00. The van der Waals surface area contributed by atoms with Crippen molar-refractivity contribution in [1.82, 2.24) is 9.80 Å². The molecule has 6 nitrogen and oxygen atoms in total. The zero-order chi connectivity index (χ0) is 20.8. The Bertz CT molecular complexity index is 857. The number of benzene rings is 1. The highest BCUT2D eigenvalue weighted by Gasteiger charge is 2.33. The van der Waals surface area contributed by atoms with E-state index in [2.05, 4.69) is 0 Å². The van der Waals surface area contributed by atoms with Crippen molar-refractivity contribution in [2.45, 2.75) is 19.4 Å². The van der Waals surface area contributed by atoms with E-state index in [1.807, 2.05) is 11.4 Å². The first kappa shape index (κ1) is 21.3. The van der Waals surface area contributed by atoms with Crippen LogP contribution in [0.15, 0.2) is 35.7 Å². The van der Waals surface area contributed by atoms with E-state index in [0.717, 1.165) is 12.0 Å². The van der Waals surface area contributed by atoms with Gasteiger partial charge in [0.15, 0.2) is 11.6 Å². The number of thiophene rings is 1. The molecule has 156 valence electrons. The lowest BCUT2D eigenvalue weighted by Gasteiger charge is -2.37. The first-order chi connectivity index (χ1) is 14.0. The van der Waals surface area contributed by atoms with Gasteiger partial charge in [-0.1, -0.05) is 12.1 Å². The number of carbonyl (C=O) groups excluding carboxylic acids is 2. The summed E-state index contributed by atoms with van der Waals surface area (Å²) in [7, 11) is 1.55. The molecule has 2 amide bonds. The second kappa shape index (κ2) is 9.84.